The molecule has 1 aromatic carbocycles. The SMILES string of the molecule is C1CNCCN1.O=c1[nH][nH]c2ccccc12. The highest BCUT2D eigenvalue weighted by Crippen LogP contribution is 2.02. The van der Waals surface area contributed by atoms with E-state index in [2.05, 4.69) is 20.8 Å². The average molecular weight is 220 g/mol. The molecule has 0 aliphatic carbocycles. The van der Waals surface area contributed by atoms with Gasteiger partial charge in [-0.05, 0) is 12.1 Å². The summed E-state index contributed by atoms with van der Waals surface area (Å²) in [6, 6.07) is 7.36. The third kappa shape index (κ3) is 2.71. The number of aromatic amines is 2. The molecule has 5 nitrogen and oxygen atoms in total. The summed E-state index contributed by atoms with van der Waals surface area (Å²) in [6.07, 6.45) is 0. The number of piperazine rings is 1. The molecule has 1 fully saturated rings. The van der Waals surface area contributed by atoms with Crippen LogP contribution in [0.25, 0.3) is 10.9 Å². The molecule has 4 N–H and O–H groups in total. The summed E-state index contributed by atoms with van der Waals surface area (Å²) in [5, 5.41) is 12.4. The summed E-state index contributed by atoms with van der Waals surface area (Å²) in [5.41, 5.74) is 0.795. The first kappa shape index (κ1) is 10.9. The Kier molecular flexibility index (Phi) is 3.74. The first-order valence-electron chi connectivity index (χ1n) is 5.45. The summed E-state index contributed by atoms with van der Waals surface area (Å²) in [5.74, 6) is 0. The Morgan fingerprint density at radius 1 is 0.875 bits per heavy atom. The molecule has 0 atom stereocenters. The number of para-hydroxylation sites is 1. The Balaban J connectivity index is 0.000000138. The van der Waals surface area contributed by atoms with Crippen LogP contribution >= 0.6 is 0 Å². The number of benzene rings is 1. The fourth-order valence-electron chi connectivity index (χ4n) is 1.59. The lowest BCUT2D eigenvalue weighted by molar-refractivity contribution is 0.534. The van der Waals surface area contributed by atoms with Crippen molar-refractivity contribution in [3.05, 3.63) is 34.6 Å². The van der Waals surface area contributed by atoms with Gasteiger partial charge in [0.25, 0.3) is 5.56 Å². The van der Waals surface area contributed by atoms with Gasteiger partial charge in [0.15, 0.2) is 0 Å². The number of hydrogen-bond acceptors (Lipinski definition) is 3. The van der Waals surface area contributed by atoms with Crippen molar-refractivity contribution in [1.82, 2.24) is 20.8 Å². The summed E-state index contributed by atoms with van der Waals surface area (Å²) < 4.78 is 0. The third-order valence-electron chi connectivity index (χ3n) is 2.44. The second-order valence-corrected chi connectivity index (χ2v) is 3.62. The van der Waals surface area contributed by atoms with E-state index in [1.807, 2.05) is 18.2 Å². The second kappa shape index (κ2) is 5.48. The molecule has 0 radical (unpaired) electrons. The molecule has 1 saturated heterocycles. The zero-order valence-electron chi connectivity index (χ0n) is 9.05. The van der Waals surface area contributed by atoms with Crippen molar-refractivity contribution in [3.8, 4) is 0 Å². The fraction of sp³-hybridized carbons (Fsp3) is 0.364. The van der Waals surface area contributed by atoms with Crippen LogP contribution in [0, 0.1) is 0 Å². The molecule has 2 aromatic rings. The van der Waals surface area contributed by atoms with E-state index in [1.54, 1.807) is 6.07 Å². The summed E-state index contributed by atoms with van der Waals surface area (Å²) >= 11 is 0. The molecule has 1 aliphatic heterocycles. The molecule has 86 valence electrons. The smallest absolute Gasteiger partial charge is 0.271 e. The van der Waals surface area contributed by atoms with Gasteiger partial charge in [0.1, 0.15) is 0 Å². The van der Waals surface area contributed by atoms with E-state index in [0.717, 1.165) is 31.7 Å². The van der Waals surface area contributed by atoms with Gasteiger partial charge in [-0.2, -0.15) is 0 Å². The average Bonchev–Trinajstić information content (AvgIpc) is 2.75. The number of H-pyrrole nitrogens is 2. The van der Waals surface area contributed by atoms with E-state index in [1.165, 1.54) is 0 Å². The minimum absolute atomic E-state index is 0.0596. The van der Waals surface area contributed by atoms with Crippen molar-refractivity contribution in [3.63, 3.8) is 0 Å². The largest absolute Gasteiger partial charge is 0.314 e. The maximum Gasteiger partial charge on any atom is 0.271 e. The standard InChI is InChI=1S/C7H6N2O.C4H10N2/c10-7-5-3-1-2-4-6(5)8-9-7;1-2-6-4-3-5-1/h1-4H,(H2,8,9,10);5-6H,1-4H2. The molecule has 16 heavy (non-hydrogen) atoms. The van der Waals surface area contributed by atoms with Gasteiger partial charge in [0, 0.05) is 26.2 Å². The van der Waals surface area contributed by atoms with Gasteiger partial charge in [-0.15, -0.1) is 0 Å². The van der Waals surface area contributed by atoms with E-state index in [4.69, 9.17) is 0 Å². The van der Waals surface area contributed by atoms with Crippen molar-refractivity contribution in [2.45, 2.75) is 0 Å². The first-order valence-corrected chi connectivity index (χ1v) is 5.45. The molecular weight excluding hydrogens is 204 g/mol. The van der Waals surface area contributed by atoms with Crippen molar-refractivity contribution >= 4 is 10.9 Å². The van der Waals surface area contributed by atoms with Crippen molar-refractivity contribution < 1.29 is 0 Å². The molecule has 2 heterocycles. The van der Waals surface area contributed by atoms with Gasteiger partial charge >= 0.3 is 0 Å². The number of hydrogen-bond donors (Lipinski definition) is 4. The monoisotopic (exact) mass is 220 g/mol. The molecule has 1 aliphatic rings. The molecular formula is C11H16N4O. The molecule has 0 bridgehead atoms. The highest BCUT2D eigenvalue weighted by atomic mass is 16.1. The predicted octanol–water partition coefficient (Wildman–Crippen LogP) is 0.0354. The number of fused-ring (bicyclic) bond motifs is 1. The van der Waals surface area contributed by atoms with Crippen LogP contribution < -0.4 is 16.2 Å². The van der Waals surface area contributed by atoms with Crippen LogP contribution in [-0.4, -0.2) is 36.4 Å². The van der Waals surface area contributed by atoms with E-state index in [0.29, 0.717) is 5.39 Å². The van der Waals surface area contributed by atoms with Crippen molar-refractivity contribution in [2.75, 3.05) is 26.2 Å². The minimum Gasteiger partial charge on any atom is -0.314 e. The van der Waals surface area contributed by atoms with Crippen molar-refractivity contribution in [2.24, 2.45) is 0 Å². The maximum atomic E-state index is 10.9. The Bertz CT molecular complexity index is 472. The van der Waals surface area contributed by atoms with Gasteiger partial charge in [-0.3, -0.25) is 15.0 Å². The van der Waals surface area contributed by atoms with Gasteiger partial charge in [-0.1, -0.05) is 12.1 Å². The molecule has 3 rings (SSSR count). The van der Waals surface area contributed by atoms with Crippen molar-refractivity contribution in [1.29, 1.82) is 0 Å². The molecule has 1 aromatic heterocycles. The van der Waals surface area contributed by atoms with E-state index >= 15 is 0 Å². The van der Waals surface area contributed by atoms with Crippen LogP contribution in [0.5, 0.6) is 0 Å². The lowest BCUT2D eigenvalue weighted by Gasteiger charge is -2.11. The first-order chi connectivity index (χ1) is 7.88. The molecule has 0 amide bonds. The normalized spacial score (nSPS) is 15.5. The van der Waals surface area contributed by atoms with Crippen LogP contribution in [0.4, 0.5) is 0 Å². The summed E-state index contributed by atoms with van der Waals surface area (Å²) in [4.78, 5) is 10.9. The van der Waals surface area contributed by atoms with E-state index in [-0.39, 0.29) is 5.56 Å². The summed E-state index contributed by atoms with van der Waals surface area (Å²) in [6.45, 7) is 4.56. The van der Waals surface area contributed by atoms with Crippen LogP contribution in [0.2, 0.25) is 0 Å². The minimum atomic E-state index is -0.0596. The second-order valence-electron chi connectivity index (χ2n) is 3.62. The van der Waals surface area contributed by atoms with Gasteiger partial charge in [-0.25, -0.2) is 0 Å². The maximum absolute atomic E-state index is 10.9. The highest BCUT2D eigenvalue weighted by molar-refractivity contribution is 5.77. The van der Waals surface area contributed by atoms with Crippen LogP contribution in [0.1, 0.15) is 0 Å². The van der Waals surface area contributed by atoms with Crippen LogP contribution in [-0.2, 0) is 0 Å². The van der Waals surface area contributed by atoms with Crippen LogP contribution in [0.15, 0.2) is 29.1 Å². The fourth-order valence-corrected chi connectivity index (χ4v) is 1.59. The van der Waals surface area contributed by atoms with Gasteiger partial charge in [0.05, 0.1) is 10.9 Å². The number of aromatic nitrogens is 2. The third-order valence-corrected chi connectivity index (χ3v) is 2.44. The Labute approximate surface area is 93.2 Å². The molecule has 0 unspecified atom stereocenters. The zero-order chi connectivity index (χ0) is 11.2. The molecule has 0 spiro atoms. The number of nitrogens with one attached hydrogen (secondary N) is 4. The predicted molar refractivity (Wildman–Crippen MR) is 64.7 cm³/mol. The topological polar surface area (TPSA) is 72.7 Å². The van der Waals surface area contributed by atoms with Gasteiger partial charge in [0.2, 0.25) is 0 Å². The van der Waals surface area contributed by atoms with Crippen LogP contribution in [0.3, 0.4) is 0 Å². The molecule has 5 heteroatoms. The van der Waals surface area contributed by atoms with Gasteiger partial charge < -0.3 is 10.6 Å². The number of rotatable bonds is 0. The summed E-state index contributed by atoms with van der Waals surface area (Å²) in [7, 11) is 0. The lowest BCUT2D eigenvalue weighted by Crippen LogP contribution is -2.39. The Morgan fingerprint density at radius 2 is 1.50 bits per heavy atom. The Morgan fingerprint density at radius 3 is 2.06 bits per heavy atom. The quantitative estimate of drug-likeness (QED) is 0.506. The van der Waals surface area contributed by atoms with E-state index < -0.39 is 0 Å². The Hall–Kier alpha value is -1.59. The molecule has 0 saturated carbocycles. The van der Waals surface area contributed by atoms with E-state index in [9.17, 15) is 4.79 Å². The highest BCUT2D eigenvalue weighted by Gasteiger charge is 1.95. The lowest BCUT2D eigenvalue weighted by atomic mass is 10.3. The zero-order valence-corrected chi connectivity index (χ0v) is 9.05.